The minimum atomic E-state index is -0.213. The number of hydrogen-bond donors (Lipinski definition) is 1. The molecule has 0 spiro atoms. The summed E-state index contributed by atoms with van der Waals surface area (Å²) >= 11 is 0. The van der Waals surface area contributed by atoms with Crippen molar-refractivity contribution in [1.29, 1.82) is 0 Å². The minimum absolute atomic E-state index is 0.118. The van der Waals surface area contributed by atoms with Crippen LogP contribution in [0.5, 0.6) is 0 Å². The minimum Gasteiger partial charge on any atom is -0.354 e. The van der Waals surface area contributed by atoms with E-state index < -0.39 is 0 Å². The lowest BCUT2D eigenvalue weighted by atomic mass is 10.0. The molecule has 1 saturated carbocycles. The zero-order valence-corrected chi connectivity index (χ0v) is 13.2. The number of nitrogens with zero attached hydrogens (tertiary/aromatic N) is 1. The van der Waals surface area contributed by atoms with E-state index >= 15 is 0 Å². The number of hydrogen-bond acceptors (Lipinski definition) is 2. The monoisotopic (exact) mass is 304 g/mol. The van der Waals surface area contributed by atoms with Crippen LogP contribution < -0.4 is 5.32 Å². The van der Waals surface area contributed by atoms with Crippen molar-refractivity contribution in [2.45, 2.75) is 38.6 Å². The summed E-state index contributed by atoms with van der Waals surface area (Å²) in [6.07, 6.45) is 4.76. The highest BCUT2D eigenvalue weighted by molar-refractivity contribution is 5.78. The van der Waals surface area contributed by atoms with Gasteiger partial charge in [-0.15, -0.1) is 0 Å². The van der Waals surface area contributed by atoms with Gasteiger partial charge in [-0.1, -0.05) is 19.1 Å². The van der Waals surface area contributed by atoms with Gasteiger partial charge in [0, 0.05) is 12.5 Å². The van der Waals surface area contributed by atoms with E-state index in [2.05, 4.69) is 10.2 Å². The Kier molecular flexibility index (Phi) is 4.77. The number of likely N-dealkylation sites (tertiary alicyclic amines) is 1. The Balaban J connectivity index is 1.65. The van der Waals surface area contributed by atoms with E-state index in [0.717, 1.165) is 18.7 Å². The van der Waals surface area contributed by atoms with Crippen molar-refractivity contribution < 1.29 is 9.18 Å². The second-order valence-corrected chi connectivity index (χ2v) is 6.68. The van der Waals surface area contributed by atoms with Crippen LogP contribution in [0.15, 0.2) is 24.3 Å². The summed E-state index contributed by atoms with van der Waals surface area (Å²) in [4.78, 5) is 14.6. The molecule has 1 amide bonds. The van der Waals surface area contributed by atoms with Crippen LogP contribution in [0.3, 0.4) is 0 Å². The maximum Gasteiger partial charge on any atom is 0.223 e. The fourth-order valence-corrected chi connectivity index (χ4v) is 3.36. The first kappa shape index (κ1) is 15.5. The van der Waals surface area contributed by atoms with Gasteiger partial charge in [-0.25, -0.2) is 4.39 Å². The van der Waals surface area contributed by atoms with Crippen LogP contribution in [0, 0.1) is 17.7 Å². The fraction of sp³-hybridized carbons (Fsp3) is 0.611. The molecule has 1 aromatic carbocycles. The van der Waals surface area contributed by atoms with Crippen LogP contribution in [0.25, 0.3) is 0 Å². The molecule has 120 valence electrons. The summed E-state index contributed by atoms with van der Waals surface area (Å²) in [6, 6.07) is 6.85. The van der Waals surface area contributed by atoms with E-state index in [0.29, 0.717) is 12.5 Å². The molecule has 0 aromatic heterocycles. The maximum atomic E-state index is 13.2. The van der Waals surface area contributed by atoms with E-state index in [1.54, 1.807) is 0 Å². The molecule has 2 aliphatic rings. The summed E-state index contributed by atoms with van der Waals surface area (Å²) in [5.41, 5.74) is 1.09. The third-order valence-corrected chi connectivity index (χ3v) is 5.05. The number of carbonyl (C=O) groups excluding carboxylic acids is 1. The van der Waals surface area contributed by atoms with Gasteiger partial charge in [0.1, 0.15) is 5.82 Å². The number of halogens is 1. The maximum absolute atomic E-state index is 13.2. The molecule has 2 atom stereocenters. The Hall–Kier alpha value is -1.42. The van der Waals surface area contributed by atoms with Crippen LogP contribution in [0.4, 0.5) is 4.39 Å². The molecule has 3 rings (SSSR count). The molecule has 1 saturated heterocycles. The van der Waals surface area contributed by atoms with Gasteiger partial charge in [-0.2, -0.15) is 0 Å². The molecule has 0 bridgehead atoms. The number of amides is 1. The fourth-order valence-electron chi connectivity index (χ4n) is 3.36. The number of carbonyl (C=O) groups is 1. The highest BCUT2D eigenvalue weighted by atomic mass is 19.1. The van der Waals surface area contributed by atoms with E-state index in [1.165, 1.54) is 37.8 Å². The lowest BCUT2D eigenvalue weighted by Crippen LogP contribution is -2.39. The Morgan fingerprint density at radius 1 is 1.27 bits per heavy atom. The lowest BCUT2D eigenvalue weighted by molar-refractivity contribution is -0.125. The molecule has 22 heavy (non-hydrogen) atoms. The second kappa shape index (κ2) is 6.78. The molecule has 3 nitrogen and oxygen atoms in total. The van der Waals surface area contributed by atoms with Crippen molar-refractivity contribution in [3.63, 3.8) is 0 Å². The van der Waals surface area contributed by atoms with Crippen molar-refractivity contribution >= 4 is 5.91 Å². The van der Waals surface area contributed by atoms with Crippen LogP contribution >= 0.6 is 0 Å². The molecule has 1 N–H and O–H groups in total. The molecule has 1 heterocycles. The average Bonchev–Trinajstić information content (AvgIpc) is 3.24. The zero-order valence-electron chi connectivity index (χ0n) is 13.2. The van der Waals surface area contributed by atoms with E-state index in [1.807, 2.05) is 19.1 Å². The first-order valence-electron chi connectivity index (χ1n) is 8.42. The van der Waals surface area contributed by atoms with Gasteiger partial charge in [-0.05, 0) is 62.4 Å². The summed E-state index contributed by atoms with van der Waals surface area (Å²) in [6.45, 7) is 4.74. The Labute approximate surface area is 131 Å². The van der Waals surface area contributed by atoms with Gasteiger partial charge in [0.2, 0.25) is 5.91 Å². The highest BCUT2D eigenvalue weighted by Crippen LogP contribution is 2.36. The molecule has 4 heteroatoms. The topological polar surface area (TPSA) is 32.3 Å². The Morgan fingerprint density at radius 3 is 2.50 bits per heavy atom. The predicted molar refractivity (Wildman–Crippen MR) is 84.8 cm³/mol. The van der Waals surface area contributed by atoms with Crippen LogP contribution in [-0.4, -0.2) is 30.4 Å². The molecule has 2 unspecified atom stereocenters. The summed E-state index contributed by atoms with van der Waals surface area (Å²) in [5, 5.41) is 3.12. The zero-order chi connectivity index (χ0) is 15.5. The van der Waals surface area contributed by atoms with Crippen molar-refractivity contribution in [2.24, 2.45) is 11.8 Å². The van der Waals surface area contributed by atoms with Gasteiger partial charge in [0.15, 0.2) is 0 Å². The first-order valence-corrected chi connectivity index (χ1v) is 8.42. The molecular formula is C18H25FN2O. The molecule has 1 aromatic rings. The number of rotatable bonds is 6. The third kappa shape index (κ3) is 3.67. The standard InChI is InChI=1S/C18H25FN2O/c1-13(14-4-5-14)18(22)20-12-17(21-10-2-3-11-21)15-6-8-16(19)9-7-15/h6-9,13-14,17H,2-5,10-12H2,1H3,(H,20,22). The van der Waals surface area contributed by atoms with Crippen LogP contribution in [0.1, 0.15) is 44.2 Å². The average molecular weight is 304 g/mol. The van der Waals surface area contributed by atoms with Crippen LogP contribution in [-0.2, 0) is 4.79 Å². The molecule has 0 radical (unpaired) electrons. The molecule has 1 aliphatic heterocycles. The van der Waals surface area contributed by atoms with Crippen molar-refractivity contribution in [1.82, 2.24) is 10.2 Å². The van der Waals surface area contributed by atoms with E-state index in [4.69, 9.17) is 0 Å². The Morgan fingerprint density at radius 2 is 1.91 bits per heavy atom. The van der Waals surface area contributed by atoms with Gasteiger partial charge >= 0.3 is 0 Å². The number of benzene rings is 1. The first-order chi connectivity index (χ1) is 10.6. The number of nitrogens with one attached hydrogen (secondary N) is 1. The van der Waals surface area contributed by atoms with E-state index in [-0.39, 0.29) is 23.7 Å². The summed E-state index contributed by atoms with van der Waals surface area (Å²) in [5.74, 6) is 0.646. The summed E-state index contributed by atoms with van der Waals surface area (Å²) < 4.78 is 13.2. The molecule has 1 aliphatic carbocycles. The van der Waals surface area contributed by atoms with Gasteiger partial charge in [-0.3, -0.25) is 9.69 Å². The summed E-state index contributed by atoms with van der Waals surface area (Å²) in [7, 11) is 0. The normalized spacial score (nSPS) is 21.5. The predicted octanol–water partition coefficient (Wildman–Crippen LogP) is 3.12. The smallest absolute Gasteiger partial charge is 0.223 e. The second-order valence-electron chi connectivity index (χ2n) is 6.68. The highest BCUT2D eigenvalue weighted by Gasteiger charge is 2.33. The van der Waals surface area contributed by atoms with Crippen molar-refractivity contribution in [3.8, 4) is 0 Å². The van der Waals surface area contributed by atoms with Gasteiger partial charge < -0.3 is 5.32 Å². The van der Waals surface area contributed by atoms with Crippen molar-refractivity contribution in [2.75, 3.05) is 19.6 Å². The third-order valence-electron chi connectivity index (χ3n) is 5.05. The quantitative estimate of drug-likeness (QED) is 0.876. The van der Waals surface area contributed by atoms with Crippen molar-refractivity contribution in [3.05, 3.63) is 35.6 Å². The molecular weight excluding hydrogens is 279 g/mol. The van der Waals surface area contributed by atoms with Crippen LogP contribution in [0.2, 0.25) is 0 Å². The largest absolute Gasteiger partial charge is 0.354 e. The Bertz CT molecular complexity index is 506. The van der Waals surface area contributed by atoms with Gasteiger partial charge in [0.25, 0.3) is 0 Å². The SMILES string of the molecule is CC(C(=O)NCC(c1ccc(F)cc1)N1CCCC1)C1CC1. The lowest BCUT2D eigenvalue weighted by Gasteiger charge is -2.28. The van der Waals surface area contributed by atoms with E-state index in [9.17, 15) is 9.18 Å². The van der Waals surface area contributed by atoms with Gasteiger partial charge in [0.05, 0.1) is 6.04 Å². The molecule has 2 fully saturated rings.